The Balaban J connectivity index is 1.93. The second-order valence-electron chi connectivity index (χ2n) is 6.01. The lowest BCUT2D eigenvalue weighted by molar-refractivity contribution is 0.133. The molecule has 0 fully saturated rings. The Morgan fingerprint density at radius 3 is 2.36 bits per heavy atom. The average Bonchev–Trinajstić information content (AvgIpc) is 2.61. The van der Waals surface area contributed by atoms with Crippen molar-refractivity contribution >= 4 is 6.09 Å². The maximum atomic E-state index is 12.0. The van der Waals surface area contributed by atoms with E-state index in [-0.39, 0.29) is 25.4 Å². The molecule has 0 heterocycles. The normalized spacial score (nSPS) is 11.8. The second kappa shape index (κ2) is 9.69. The molecule has 0 aromatic heterocycles. The molecule has 2 aromatic rings. The van der Waals surface area contributed by atoms with Crippen molar-refractivity contribution in [3.63, 3.8) is 0 Å². The molecule has 25 heavy (non-hydrogen) atoms. The standard InChI is InChI=1S/C20H25NO4/c1-15(2)25-18-10-8-17(9-11-18)19(12-13-22)21-20(23)24-14-16-6-4-3-5-7-16/h3-11,15,19,22H,12-14H2,1-2H3,(H,21,23). The highest BCUT2D eigenvalue weighted by atomic mass is 16.5. The van der Waals surface area contributed by atoms with Crippen LogP contribution in [-0.2, 0) is 11.3 Å². The number of aliphatic hydroxyl groups excluding tert-OH is 1. The second-order valence-corrected chi connectivity index (χ2v) is 6.01. The summed E-state index contributed by atoms with van der Waals surface area (Å²) in [5, 5.41) is 12.1. The zero-order valence-corrected chi connectivity index (χ0v) is 14.6. The number of hydrogen-bond donors (Lipinski definition) is 2. The Morgan fingerprint density at radius 1 is 1.08 bits per heavy atom. The molecule has 5 nitrogen and oxygen atoms in total. The van der Waals surface area contributed by atoms with Gasteiger partial charge in [0, 0.05) is 6.61 Å². The molecule has 2 aromatic carbocycles. The van der Waals surface area contributed by atoms with Gasteiger partial charge in [0.05, 0.1) is 12.1 Å². The van der Waals surface area contributed by atoms with Gasteiger partial charge >= 0.3 is 6.09 Å². The van der Waals surface area contributed by atoms with Gasteiger partial charge in [-0.15, -0.1) is 0 Å². The maximum absolute atomic E-state index is 12.0. The topological polar surface area (TPSA) is 67.8 Å². The Kier molecular flexibility index (Phi) is 7.29. The Hall–Kier alpha value is -2.53. The van der Waals surface area contributed by atoms with E-state index in [0.29, 0.717) is 6.42 Å². The first kappa shape index (κ1) is 18.8. The minimum Gasteiger partial charge on any atom is -0.491 e. The third-order valence-electron chi connectivity index (χ3n) is 3.58. The van der Waals surface area contributed by atoms with E-state index in [1.165, 1.54) is 0 Å². The fraction of sp³-hybridized carbons (Fsp3) is 0.350. The molecule has 5 heteroatoms. The van der Waals surface area contributed by atoms with Gasteiger partial charge in [-0.25, -0.2) is 4.79 Å². The van der Waals surface area contributed by atoms with Gasteiger partial charge in [-0.1, -0.05) is 42.5 Å². The average molecular weight is 343 g/mol. The predicted octanol–water partition coefficient (Wildman–Crippen LogP) is 3.82. The number of benzene rings is 2. The van der Waals surface area contributed by atoms with Gasteiger partial charge in [-0.2, -0.15) is 0 Å². The molecule has 0 aliphatic carbocycles. The quantitative estimate of drug-likeness (QED) is 0.764. The van der Waals surface area contributed by atoms with Gasteiger partial charge in [0.1, 0.15) is 12.4 Å². The SMILES string of the molecule is CC(C)Oc1ccc(C(CCO)NC(=O)OCc2ccccc2)cc1. The smallest absolute Gasteiger partial charge is 0.407 e. The van der Waals surface area contributed by atoms with E-state index in [1.54, 1.807) is 0 Å². The molecule has 0 saturated heterocycles. The van der Waals surface area contributed by atoms with Crippen LogP contribution in [0.3, 0.4) is 0 Å². The van der Waals surface area contributed by atoms with Crippen LogP contribution in [0.2, 0.25) is 0 Å². The zero-order valence-electron chi connectivity index (χ0n) is 14.6. The third-order valence-corrected chi connectivity index (χ3v) is 3.58. The lowest BCUT2D eigenvalue weighted by Gasteiger charge is -2.19. The van der Waals surface area contributed by atoms with Crippen molar-refractivity contribution in [2.45, 2.75) is 39.0 Å². The number of ether oxygens (including phenoxy) is 2. The zero-order chi connectivity index (χ0) is 18.1. The lowest BCUT2D eigenvalue weighted by atomic mass is 10.0. The highest BCUT2D eigenvalue weighted by Gasteiger charge is 2.15. The molecule has 1 amide bonds. The van der Waals surface area contributed by atoms with E-state index in [0.717, 1.165) is 16.9 Å². The number of carbonyl (C=O) groups excluding carboxylic acids is 1. The molecule has 0 aliphatic rings. The summed E-state index contributed by atoms with van der Waals surface area (Å²) in [6.07, 6.45) is 0.000142. The molecule has 134 valence electrons. The minimum absolute atomic E-state index is 0.0339. The summed E-state index contributed by atoms with van der Waals surface area (Å²) in [7, 11) is 0. The number of nitrogens with one attached hydrogen (secondary N) is 1. The van der Waals surface area contributed by atoms with Gasteiger partial charge in [-0.3, -0.25) is 0 Å². The van der Waals surface area contributed by atoms with Gasteiger partial charge < -0.3 is 19.9 Å². The monoisotopic (exact) mass is 343 g/mol. The minimum atomic E-state index is -0.509. The van der Waals surface area contributed by atoms with Crippen molar-refractivity contribution in [1.29, 1.82) is 0 Å². The van der Waals surface area contributed by atoms with Crippen molar-refractivity contribution in [3.8, 4) is 5.75 Å². The third kappa shape index (κ3) is 6.47. The van der Waals surface area contributed by atoms with E-state index in [9.17, 15) is 9.90 Å². The summed E-state index contributed by atoms with van der Waals surface area (Å²) < 4.78 is 10.9. The van der Waals surface area contributed by atoms with Crippen molar-refractivity contribution in [1.82, 2.24) is 5.32 Å². The van der Waals surface area contributed by atoms with Crippen LogP contribution in [0.5, 0.6) is 5.75 Å². The van der Waals surface area contributed by atoms with E-state index in [4.69, 9.17) is 9.47 Å². The summed E-state index contributed by atoms with van der Waals surface area (Å²) >= 11 is 0. The number of alkyl carbamates (subject to hydrolysis) is 1. The van der Waals surface area contributed by atoms with Crippen LogP contribution in [-0.4, -0.2) is 23.9 Å². The van der Waals surface area contributed by atoms with Gasteiger partial charge in [0.15, 0.2) is 0 Å². The molecular formula is C20H25NO4. The molecule has 0 spiro atoms. The Bertz CT molecular complexity index is 641. The number of amides is 1. The fourth-order valence-corrected chi connectivity index (χ4v) is 2.41. The molecule has 0 aliphatic heterocycles. The molecule has 1 atom stereocenters. The predicted molar refractivity (Wildman–Crippen MR) is 96.4 cm³/mol. The lowest BCUT2D eigenvalue weighted by Crippen LogP contribution is -2.29. The molecule has 2 rings (SSSR count). The summed E-state index contributed by atoms with van der Waals surface area (Å²) in [6, 6.07) is 16.7. The summed E-state index contributed by atoms with van der Waals surface area (Å²) in [4.78, 5) is 12.0. The van der Waals surface area contributed by atoms with Crippen molar-refractivity contribution in [2.75, 3.05) is 6.61 Å². The molecule has 1 unspecified atom stereocenters. The Labute approximate surface area is 148 Å². The van der Waals surface area contributed by atoms with Crippen LogP contribution in [0, 0.1) is 0 Å². The highest BCUT2D eigenvalue weighted by Crippen LogP contribution is 2.21. The first-order valence-electron chi connectivity index (χ1n) is 8.43. The van der Waals surface area contributed by atoms with E-state index in [2.05, 4.69) is 5.32 Å². The largest absolute Gasteiger partial charge is 0.491 e. The van der Waals surface area contributed by atoms with Crippen LogP contribution in [0.15, 0.2) is 54.6 Å². The number of rotatable bonds is 8. The molecular weight excluding hydrogens is 318 g/mol. The van der Waals surface area contributed by atoms with Gasteiger partial charge in [0.2, 0.25) is 0 Å². The first-order chi connectivity index (χ1) is 12.1. The molecule has 0 bridgehead atoms. The highest BCUT2D eigenvalue weighted by molar-refractivity contribution is 5.68. The summed E-state index contributed by atoms with van der Waals surface area (Å²) in [5.41, 5.74) is 1.81. The van der Waals surface area contributed by atoms with Crippen LogP contribution < -0.4 is 10.1 Å². The maximum Gasteiger partial charge on any atom is 0.407 e. The van der Waals surface area contributed by atoms with E-state index >= 15 is 0 Å². The van der Waals surface area contributed by atoms with Crippen LogP contribution in [0.25, 0.3) is 0 Å². The molecule has 2 N–H and O–H groups in total. The first-order valence-corrected chi connectivity index (χ1v) is 8.43. The van der Waals surface area contributed by atoms with E-state index in [1.807, 2.05) is 68.4 Å². The molecule has 0 saturated carbocycles. The van der Waals surface area contributed by atoms with E-state index < -0.39 is 6.09 Å². The van der Waals surface area contributed by atoms with Crippen LogP contribution in [0.1, 0.15) is 37.4 Å². The Morgan fingerprint density at radius 2 is 1.76 bits per heavy atom. The van der Waals surface area contributed by atoms with Crippen LogP contribution >= 0.6 is 0 Å². The van der Waals surface area contributed by atoms with Gasteiger partial charge in [-0.05, 0) is 43.5 Å². The van der Waals surface area contributed by atoms with Crippen molar-refractivity contribution < 1.29 is 19.4 Å². The summed E-state index contributed by atoms with van der Waals surface area (Å²) in [6.45, 7) is 4.10. The number of aliphatic hydroxyl groups is 1. The van der Waals surface area contributed by atoms with Gasteiger partial charge in [0.25, 0.3) is 0 Å². The number of carbonyl (C=O) groups is 1. The summed E-state index contributed by atoms with van der Waals surface area (Å²) in [5.74, 6) is 0.771. The van der Waals surface area contributed by atoms with Crippen molar-refractivity contribution in [3.05, 3.63) is 65.7 Å². The van der Waals surface area contributed by atoms with Crippen molar-refractivity contribution in [2.24, 2.45) is 0 Å². The van der Waals surface area contributed by atoms with Crippen LogP contribution in [0.4, 0.5) is 4.79 Å². The molecule has 0 radical (unpaired) electrons. The fourth-order valence-electron chi connectivity index (χ4n) is 2.41. The number of hydrogen-bond acceptors (Lipinski definition) is 4.